The summed E-state index contributed by atoms with van der Waals surface area (Å²) in [7, 11) is -9.24. The van der Waals surface area contributed by atoms with Crippen LogP contribution in [-0.2, 0) is 29.2 Å². The van der Waals surface area contributed by atoms with Crippen molar-refractivity contribution < 1.29 is 34.3 Å². The van der Waals surface area contributed by atoms with Gasteiger partial charge < -0.3 is 9.11 Å². The van der Waals surface area contributed by atoms with Crippen LogP contribution in [0.2, 0.25) is 0 Å². The Hall–Kier alpha value is 0.480. The smallest absolute Gasteiger partial charge is 0.726 e. The number of allylic oxidation sites excluding steroid dienone is 2. The van der Waals surface area contributed by atoms with Crippen molar-refractivity contribution in [3.05, 3.63) is 24.3 Å². The van der Waals surface area contributed by atoms with Gasteiger partial charge in [-0.15, -0.1) is 0 Å². The van der Waals surface area contributed by atoms with E-state index in [9.17, 15) is 25.9 Å². The second-order valence-electron chi connectivity index (χ2n) is 23.2. The first-order valence-electron chi connectivity index (χ1n) is 33.5. The summed E-state index contributed by atoms with van der Waals surface area (Å²) in [5.41, 5.74) is 0. The van der Waals surface area contributed by atoms with Crippen LogP contribution in [0, 0.1) is 11.8 Å². The molecule has 0 bridgehead atoms. The van der Waals surface area contributed by atoms with E-state index in [4.69, 9.17) is 0 Å². The summed E-state index contributed by atoms with van der Waals surface area (Å²) < 4.78 is 74.7. The van der Waals surface area contributed by atoms with E-state index in [-0.39, 0.29) is 62.8 Å². The van der Waals surface area contributed by atoms with Crippen LogP contribution in [0.3, 0.4) is 0 Å². The third-order valence-electron chi connectivity index (χ3n) is 15.5. The molecule has 0 aliphatic rings. The average Bonchev–Trinajstić information content (AvgIpc) is 3.39. The average molecular weight is 1160 g/mol. The third kappa shape index (κ3) is 76.5. The molecule has 456 valence electrons. The maximum Gasteiger partial charge on any atom is 2.00 e. The Kier molecular flexibility index (Phi) is 71.4. The van der Waals surface area contributed by atoms with Crippen LogP contribution in [0.15, 0.2) is 24.3 Å². The molecule has 2 unspecified atom stereocenters. The first kappa shape index (κ1) is 81.7. The van der Waals surface area contributed by atoms with E-state index in [0.29, 0.717) is 0 Å². The topological polar surface area (TPSA) is 133 Å². The van der Waals surface area contributed by atoms with Gasteiger partial charge in [0.25, 0.3) is 0 Å². The van der Waals surface area contributed by atoms with Gasteiger partial charge in [0.05, 0.1) is 13.2 Å². The maximum absolute atomic E-state index is 10.9. The quantitative estimate of drug-likeness (QED) is 0.0193. The van der Waals surface area contributed by atoms with E-state index in [1.807, 2.05) is 0 Å². The van der Waals surface area contributed by atoms with Gasteiger partial charge in [-0.1, -0.05) is 360 Å². The van der Waals surface area contributed by atoms with Crippen molar-refractivity contribution in [3.8, 4) is 0 Å². The Bertz CT molecular complexity index is 1290. The van der Waals surface area contributed by atoms with Crippen LogP contribution < -0.4 is 0 Å². The standard InChI is InChI=1S/2C33H66O4S.Ca/c2*1-3-5-7-9-11-13-15-17-18-19-21-23-25-27-29-31-33(32-37-38(34,35)36)30-28-26-24-22-20-16-14-12-10-8-6-4-2;/h2*29,31,33H,3-28,30,32H2,1-2H3,(H,34,35,36);/q;;+2/p-2/b2*31-29+;. The predicted molar refractivity (Wildman–Crippen MR) is 334 cm³/mol. The van der Waals surface area contributed by atoms with Crippen molar-refractivity contribution in [1.29, 1.82) is 0 Å². The summed E-state index contributed by atoms with van der Waals surface area (Å²) in [5, 5.41) is 0. The van der Waals surface area contributed by atoms with Crippen LogP contribution in [0.4, 0.5) is 0 Å². The summed E-state index contributed by atoms with van der Waals surface area (Å²) in [6, 6.07) is 0. The monoisotopic (exact) mass is 1150 g/mol. The van der Waals surface area contributed by atoms with Gasteiger partial charge in [0, 0.05) is 11.8 Å². The minimum absolute atomic E-state index is 0. The van der Waals surface area contributed by atoms with E-state index < -0.39 is 20.8 Å². The minimum atomic E-state index is -4.62. The summed E-state index contributed by atoms with van der Waals surface area (Å²) in [4.78, 5) is 0. The molecule has 0 aliphatic carbocycles. The number of unbranched alkanes of at least 4 members (excludes halogenated alkanes) is 48. The SMILES string of the molecule is CCCCCCCCCCCCCCC/C=C/C(CCCCCCCCCCCCCC)COS(=O)(=O)[O-].CCCCCCCCCCCCCCC/C=C/C(CCCCCCCCCCCCCC)COS(=O)(=O)[O-].[Ca+2]. The molecule has 0 rings (SSSR count). The van der Waals surface area contributed by atoms with Crippen molar-refractivity contribution in [3.63, 3.8) is 0 Å². The molecule has 0 N–H and O–H groups in total. The molecule has 0 aromatic heterocycles. The molecule has 77 heavy (non-hydrogen) atoms. The van der Waals surface area contributed by atoms with Crippen molar-refractivity contribution in [1.82, 2.24) is 0 Å². The van der Waals surface area contributed by atoms with Crippen LogP contribution in [-0.4, -0.2) is 76.9 Å². The van der Waals surface area contributed by atoms with Crippen LogP contribution in [0.5, 0.6) is 0 Å². The fourth-order valence-corrected chi connectivity index (χ4v) is 11.1. The van der Waals surface area contributed by atoms with Gasteiger partial charge in [-0.3, -0.25) is 8.37 Å². The van der Waals surface area contributed by atoms with Crippen LogP contribution in [0.1, 0.15) is 374 Å². The Morgan fingerprint density at radius 2 is 0.455 bits per heavy atom. The molecular weight excluding hydrogens is 1020 g/mol. The van der Waals surface area contributed by atoms with Gasteiger partial charge in [0.1, 0.15) is 0 Å². The molecule has 0 amide bonds. The number of hydrogen-bond donors (Lipinski definition) is 0. The van der Waals surface area contributed by atoms with Crippen molar-refractivity contribution in [2.75, 3.05) is 13.2 Å². The minimum Gasteiger partial charge on any atom is -0.726 e. The van der Waals surface area contributed by atoms with Gasteiger partial charge in [-0.05, 0) is 38.5 Å². The zero-order valence-corrected chi connectivity index (χ0v) is 55.7. The van der Waals surface area contributed by atoms with Gasteiger partial charge in [0.15, 0.2) is 0 Å². The number of rotatable bonds is 62. The summed E-state index contributed by atoms with van der Waals surface area (Å²) in [5.74, 6) is 0.0348. The van der Waals surface area contributed by atoms with E-state index in [0.717, 1.165) is 38.5 Å². The molecule has 8 nitrogen and oxygen atoms in total. The molecule has 0 spiro atoms. The van der Waals surface area contributed by atoms with E-state index in [1.165, 1.54) is 308 Å². The normalized spacial score (nSPS) is 12.9. The fourth-order valence-electron chi connectivity index (χ4n) is 10.4. The zero-order chi connectivity index (χ0) is 56.0. The molecule has 0 fully saturated rings. The Morgan fingerprint density at radius 1 is 0.286 bits per heavy atom. The number of hydrogen-bond acceptors (Lipinski definition) is 8. The van der Waals surface area contributed by atoms with Crippen molar-refractivity contribution in [2.24, 2.45) is 11.8 Å². The molecule has 11 heteroatoms. The van der Waals surface area contributed by atoms with Crippen molar-refractivity contribution >= 4 is 58.5 Å². The Balaban J connectivity index is -0.00000140. The van der Waals surface area contributed by atoms with Gasteiger partial charge in [0.2, 0.25) is 20.8 Å². The molecule has 0 aromatic rings. The zero-order valence-electron chi connectivity index (χ0n) is 51.9. The Morgan fingerprint density at radius 3 is 0.636 bits per heavy atom. The fraction of sp³-hybridized carbons (Fsp3) is 0.939. The molecular formula is C66H130CaO8S2. The summed E-state index contributed by atoms with van der Waals surface area (Å²) in [6.07, 6.45) is 79.0. The maximum atomic E-state index is 10.9. The molecule has 0 aliphatic heterocycles. The van der Waals surface area contributed by atoms with Crippen molar-refractivity contribution in [2.45, 2.75) is 374 Å². The first-order chi connectivity index (χ1) is 37.0. The molecule has 0 heterocycles. The Labute approximate surface area is 512 Å². The molecule has 0 saturated carbocycles. The molecule has 0 aromatic carbocycles. The van der Waals surface area contributed by atoms with Crippen LogP contribution in [0.25, 0.3) is 0 Å². The molecule has 2 atom stereocenters. The molecule has 0 radical (unpaired) electrons. The van der Waals surface area contributed by atoms with E-state index >= 15 is 0 Å². The van der Waals surface area contributed by atoms with Crippen LogP contribution >= 0.6 is 0 Å². The van der Waals surface area contributed by atoms with Gasteiger partial charge in [-0.2, -0.15) is 0 Å². The second-order valence-corrected chi connectivity index (χ2v) is 25.3. The predicted octanol–water partition coefficient (Wildman–Crippen LogP) is 22.0. The van der Waals surface area contributed by atoms with E-state index in [1.54, 1.807) is 0 Å². The first-order valence-corrected chi connectivity index (χ1v) is 36.2. The summed E-state index contributed by atoms with van der Waals surface area (Å²) in [6.45, 7) is 9.04. The van der Waals surface area contributed by atoms with Gasteiger partial charge >= 0.3 is 37.7 Å². The molecule has 0 saturated heterocycles. The van der Waals surface area contributed by atoms with E-state index in [2.05, 4.69) is 60.4 Å². The third-order valence-corrected chi connectivity index (χ3v) is 16.3. The summed E-state index contributed by atoms with van der Waals surface area (Å²) >= 11 is 0. The van der Waals surface area contributed by atoms with Gasteiger partial charge in [-0.25, -0.2) is 16.8 Å². The largest absolute Gasteiger partial charge is 2.00 e. The second kappa shape index (κ2) is 67.3.